The van der Waals surface area contributed by atoms with Crippen molar-refractivity contribution in [1.29, 1.82) is 0 Å². The number of rotatable bonds is 6. The van der Waals surface area contributed by atoms with Gasteiger partial charge in [-0.15, -0.1) is 0 Å². The summed E-state index contributed by atoms with van der Waals surface area (Å²) in [5, 5.41) is 5.55. The van der Waals surface area contributed by atoms with Gasteiger partial charge >= 0.3 is 5.97 Å². The fourth-order valence-electron chi connectivity index (χ4n) is 3.00. The third-order valence-corrected chi connectivity index (χ3v) is 4.60. The van der Waals surface area contributed by atoms with E-state index in [-0.39, 0.29) is 17.9 Å². The van der Waals surface area contributed by atoms with Gasteiger partial charge in [0.25, 0.3) is 11.8 Å². The van der Waals surface area contributed by atoms with Gasteiger partial charge in [0.1, 0.15) is 6.04 Å². The number of carbonyl (C=O) groups excluding carboxylic acids is 3. The van der Waals surface area contributed by atoms with Crippen LogP contribution in [0.1, 0.15) is 62.7 Å². The number of hydrogen-bond acceptors (Lipinski definition) is 4. The number of hydrogen-bond donors (Lipinski definition) is 2. The van der Waals surface area contributed by atoms with E-state index in [1.165, 1.54) is 12.8 Å². The molecule has 0 unspecified atom stereocenters. The summed E-state index contributed by atoms with van der Waals surface area (Å²) in [5.41, 5.74) is 0.464. The predicted molar refractivity (Wildman–Crippen MR) is 98.6 cm³/mol. The van der Waals surface area contributed by atoms with Crippen molar-refractivity contribution >= 4 is 17.8 Å². The van der Waals surface area contributed by atoms with Crippen LogP contribution in [0.25, 0.3) is 0 Å². The summed E-state index contributed by atoms with van der Waals surface area (Å²) >= 11 is 0. The molecule has 0 saturated heterocycles. The third kappa shape index (κ3) is 6.17. The van der Waals surface area contributed by atoms with E-state index in [9.17, 15) is 14.4 Å². The Balaban J connectivity index is 1.79. The highest BCUT2D eigenvalue weighted by Crippen LogP contribution is 2.17. The van der Waals surface area contributed by atoms with Gasteiger partial charge in [0.15, 0.2) is 6.10 Å². The molecule has 26 heavy (non-hydrogen) atoms. The molecule has 142 valence electrons. The molecule has 1 aromatic rings. The van der Waals surface area contributed by atoms with Gasteiger partial charge in [-0.05, 0) is 38.8 Å². The van der Waals surface area contributed by atoms with Crippen molar-refractivity contribution in [3.63, 3.8) is 0 Å². The number of carbonyl (C=O) groups is 3. The zero-order valence-corrected chi connectivity index (χ0v) is 15.5. The molecule has 2 rings (SSSR count). The smallest absolute Gasteiger partial charge is 0.329 e. The largest absolute Gasteiger partial charge is 0.451 e. The maximum Gasteiger partial charge on any atom is 0.329 e. The number of ether oxygens (including phenoxy) is 1. The van der Waals surface area contributed by atoms with E-state index in [4.69, 9.17) is 4.74 Å². The van der Waals surface area contributed by atoms with Crippen LogP contribution in [0.2, 0.25) is 0 Å². The lowest BCUT2D eigenvalue weighted by Crippen LogP contribution is -2.45. The zero-order chi connectivity index (χ0) is 18.9. The van der Waals surface area contributed by atoms with E-state index in [1.807, 2.05) is 6.07 Å². The topological polar surface area (TPSA) is 84.5 Å². The van der Waals surface area contributed by atoms with Gasteiger partial charge in [-0.1, -0.05) is 43.9 Å². The maximum absolute atomic E-state index is 12.2. The molecule has 2 amide bonds. The molecule has 0 aliphatic heterocycles. The maximum atomic E-state index is 12.2. The van der Waals surface area contributed by atoms with Crippen molar-refractivity contribution in [3.8, 4) is 0 Å². The second kappa shape index (κ2) is 9.94. The van der Waals surface area contributed by atoms with Crippen LogP contribution >= 0.6 is 0 Å². The second-order valence-electron chi connectivity index (χ2n) is 6.84. The van der Waals surface area contributed by atoms with Crippen LogP contribution in [0, 0.1) is 0 Å². The van der Waals surface area contributed by atoms with Crippen molar-refractivity contribution < 1.29 is 19.1 Å². The van der Waals surface area contributed by atoms with Crippen LogP contribution in [0.15, 0.2) is 30.3 Å². The van der Waals surface area contributed by atoms with Gasteiger partial charge in [0.05, 0.1) is 0 Å². The van der Waals surface area contributed by atoms with Crippen molar-refractivity contribution in [1.82, 2.24) is 10.6 Å². The lowest BCUT2D eigenvalue weighted by atomic mass is 10.1. The Morgan fingerprint density at radius 1 is 1.00 bits per heavy atom. The molecule has 1 fully saturated rings. The summed E-state index contributed by atoms with van der Waals surface area (Å²) in [6.07, 6.45) is 5.68. The molecule has 1 aliphatic carbocycles. The van der Waals surface area contributed by atoms with E-state index in [0.717, 1.165) is 25.7 Å². The summed E-state index contributed by atoms with van der Waals surface area (Å²) in [7, 11) is 0. The van der Waals surface area contributed by atoms with Crippen molar-refractivity contribution in [2.75, 3.05) is 0 Å². The lowest BCUT2D eigenvalue weighted by Gasteiger charge is -2.21. The fourth-order valence-corrected chi connectivity index (χ4v) is 3.00. The molecular formula is C20H28N2O4. The van der Waals surface area contributed by atoms with Crippen LogP contribution in [0.5, 0.6) is 0 Å². The van der Waals surface area contributed by atoms with E-state index >= 15 is 0 Å². The fraction of sp³-hybridized carbons (Fsp3) is 0.550. The third-order valence-electron chi connectivity index (χ3n) is 4.60. The Morgan fingerprint density at radius 3 is 2.23 bits per heavy atom. The molecule has 0 heterocycles. The Hall–Kier alpha value is -2.37. The Labute approximate surface area is 154 Å². The molecule has 2 atom stereocenters. The van der Waals surface area contributed by atoms with E-state index in [1.54, 1.807) is 38.1 Å². The normalized spacial score (nSPS) is 17.5. The van der Waals surface area contributed by atoms with Crippen molar-refractivity contribution in [2.24, 2.45) is 0 Å². The van der Waals surface area contributed by atoms with Gasteiger partial charge in [0.2, 0.25) is 0 Å². The van der Waals surface area contributed by atoms with Gasteiger partial charge in [-0.2, -0.15) is 0 Å². The molecular weight excluding hydrogens is 332 g/mol. The van der Waals surface area contributed by atoms with Crippen molar-refractivity contribution in [2.45, 2.75) is 70.6 Å². The summed E-state index contributed by atoms with van der Waals surface area (Å²) in [5.74, 6) is -1.27. The summed E-state index contributed by atoms with van der Waals surface area (Å²) < 4.78 is 5.22. The second-order valence-corrected chi connectivity index (χ2v) is 6.84. The molecule has 6 heteroatoms. The van der Waals surface area contributed by atoms with E-state index in [0.29, 0.717) is 5.56 Å². The van der Waals surface area contributed by atoms with E-state index < -0.39 is 18.1 Å². The molecule has 0 bridgehead atoms. The van der Waals surface area contributed by atoms with Crippen LogP contribution < -0.4 is 10.6 Å². The summed E-state index contributed by atoms with van der Waals surface area (Å²) in [6, 6.07) is 7.95. The standard InChI is InChI=1S/C20H28N2O4/c1-14(21-19(24)16-10-6-5-7-11-16)20(25)26-15(2)18(23)22-17-12-8-3-4-9-13-17/h5-7,10-11,14-15,17H,3-4,8-9,12-13H2,1-2H3,(H,21,24)(H,22,23)/t14-,15-/m0/s1. The number of benzene rings is 1. The molecule has 0 aromatic heterocycles. The quantitative estimate of drug-likeness (QED) is 0.603. The van der Waals surface area contributed by atoms with Crippen LogP contribution in [-0.4, -0.2) is 36.0 Å². The molecule has 1 aliphatic rings. The minimum atomic E-state index is -0.887. The van der Waals surface area contributed by atoms with Crippen LogP contribution in [0.4, 0.5) is 0 Å². The van der Waals surface area contributed by atoms with Crippen LogP contribution in [-0.2, 0) is 14.3 Å². The number of nitrogens with one attached hydrogen (secondary N) is 2. The Bertz CT molecular complexity index is 609. The van der Waals surface area contributed by atoms with Gasteiger partial charge in [0, 0.05) is 11.6 Å². The minimum Gasteiger partial charge on any atom is -0.451 e. The Kier molecular flexibility index (Phi) is 7.63. The molecule has 6 nitrogen and oxygen atoms in total. The average molecular weight is 360 g/mol. The summed E-state index contributed by atoms with van der Waals surface area (Å²) in [6.45, 7) is 3.09. The predicted octanol–water partition coefficient (Wildman–Crippen LogP) is 2.58. The molecule has 2 N–H and O–H groups in total. The number of esters is 1. The highest BCUT2D eigenvalue weighted by atomic mass is 16.5. The highest BCUT2D eigenvalue weighted by molar-refractivity contribution is 5.96. The first-order valence-electron chi connectivity index (χ1n) is 9.34. The highest BCUT2D eigenvalue weighted by Gasteiger charge is 2.25. The van der Waals surface area contributed by atoms with Crippen LogP contribution in [0.3, 0.4) is 0 Å². The van der Waals surface area contributed by atoms with Crippen molar-refractivity contribution in [3.05, 3.63) is 35.9 Å². The molecule has 1 aromatic carbocycles. The first kappa shape index (κ1) is 19.9. The monoisotopic (exact) mass is 360 g/mol. The zero-order valence-electron chi connectivity index (χ0n) is 15.5. The molecule has 0 radical (unpaired) electrons. The first-order valence-corrected chi connectivity index (χ1v) is 9.34. The molecule has 0 spiro atoms. The lowest BCUT2D eigenvalue weighted by molar-refractivity contribution is -0.156. The van der Waals surface area contributed by atoms with Gasteiger partial charge < -0.3 is 15.4 Å². The number of amides is 2. The Morgan fingerprint density at radius 2 is 1.62 bits per heavy atom. The average Bonchev–Trinajstić information content (AvgIpc) is 2.90. The first-order chi connectivity index (χ1) is 12.5. The van der Waals surface area contributed by atoms with E-state index in [2.05, 4.69) is 10.6 Å². The summed E-state index contributed by atoms with van der Waals surface area (Å²) in [4.78, 5) is 36.5. The van der Waals surface area contributed by atoms with Gasteiger partial charge in [-0.3, -0.25) is 9.59 Å². The molecule has 1 saturated carbocycles. The van der Waals surface area contributed by atoms with Gasteiger partial charge in [-0.25, -0.2) is 4.79 Å². The SMILES string of the molecule is C[C@H](NC(=O)c1ccccc1)C(=O)O[C@@H](C)C(=O)NC1CCCCCC1. The minimum absolute atomic E-state index is 0.154.